The Balaban J connectivity index is 2.72. The average molecular weight is 286 g/mol. The van der Waals surface area contributed by atoms with Crippen molar-refractivity contribution >= 4 is 27.6 Å². The molecule has 7 nitrogen and oxygen atoms in total. The molecule has 0 aliphatic carbocycles. The number of carboxylic acids is 1. The minimum absolute atomic E-state index is 0.00868. The molecule has 1 aromatic carbocycles. The van der Waals surface area contributed by atoms with Gasteiger partial charge >= 0.3 is 5.97 Å². The first kappa shape index (κ1) is 15.1. The minimum Gasteiger partial charge on any atom is -0.481 e. The SMILES string of the molecule is NS(=O)(=O)c1ccccc1NC(=O)CCCC(=O)O. The molecule has 0 fully saturated rings. The lowest BCUT2D eigenvalue weighted by Gasteiger charge is -2.08. The van der Waals surface area contributed by atoms with E-state index in [1.54, 1.807) is 6.07 Å². The Morgan fingerprint density at radius 3 is 2.42 bits per heavy atom. The van der Waals surface area contributed by atoms with E-state index in [0.717, 1.165) is 0 Å². The first-order valence-electron chi connectivity index (χ1n) is 5.44. The largest absolute Gasteiger partial charge is 0.481 e. The number of carbonyl (C=O) groups is 2. The van der Waals surface area contributed by atoms with Crippen molar-refractivity contribution in [2.24, 2.45) is 5.14 Å². The van der Waals surface area contributed by atoms with Gasteiger partial charge in [0.2, 0.25) is 15.9 Å². The summed E-state index contributed by atoms with van der Waals surface area (Å²) in [5, 5.41) is 15.9. The van der Waals surface area contributed by atoms with Crippen molar-refractivity contribution < 1.29 is 23.1 Å². The molecule has 1 rings (SSSR count). The molecule has 0 atom stereocenters. The third-order valence-corrected chi connectivity index (χ3v) is 3.23. The number of nitrogens with one attached hydrogen (secondary N) is 1. The third kappa shape index (κ3) is 5.06. The molecule has 0 aromatic heterocycles. The summed E-state index contributed by atoms with van der Waals surface area (Å²) in [6.07, 6.45) is 0.0498. The van der Waals surface area contributed by atoms with Crippen LogP contribution in [0.2, 0.25) is 0 Å². The summed E-state index contributed by atoms with van der Waals surface area (Å²) in [4.78, 5) is 21.7. The lowest BCUT2D eigenvalue weighted by atomic mass is 10.2. The Bertz CT molecular complexity index is 583. The fourth-order valence-corrected chi connectivity index (χ4v) is 2.12. The lowest BCUT2D eigenvalue weighted by molar-refractivity contribution is -0.137. The Hall–Kier alpha value is -1.93. The van der Waals surface area contributed by atoms with Gasteiger partial charge in [0.25, 0.3) is 0 Å². The molecule has 19 heavy (non-hydrogen) atoms. The highest BCUT2D eigenvalue weighted by molar-refractivity contribution is 7.89. The molecule has 0 unspecified atom stereocenters. The Morgan fingerprint density at radius 2 is 1.84 bits per heavy atom. The second-order valence-corrected chi connectivity index (χ2v) is 5.37. The predicted molar refractivity (Wildman–Crippen MR) is 67.9 cm³/mol. The number of hydrogen-bond acceptors (Lipinski definition) is 4. The zero-order valence-corrected chi connectivity index (χ0v) is 10.8. The maximum atomic E-state index is 11.5. The quantitative estimate of drug-likeness (QED) is 0.703. The van der Waals surface area contributed by atoms with E-state index >= 15 is 0 Å². The second kappa shape index (κ2) is 6.30. The van der Waals surface area contributed by atoms with Gasteiger partial charge in [-0.1, -0.05) is 12.1 Å². The molecule has 0 radical (unpaired) electrons. The zero-order chi connectivity index (χ0) is 14.5. The van der Waals surface area contributed by atoms with Crippen molar-refractivity contribution in [3.8, 4) is 0 Å². The molecular weight excluding hydrogens is 272 g/mol. The van der Waals surface area contributed by atoms with E-state index in [1.165, 1.54) is 18.2 Å². The van der Waals surface area contributed by atoms with Crippen LogP contribution in [-0.4, -0.2) is 25.4 Å². The molecular formula is C11H14N2O5S. The van der Waals surface area contributed by atoms with Crippen LogP contribution < -0.4 is 10.5 Å². The number of primary sulfonamides is 1. The van der Waals surface area contributed by atoms with Crippen LogP contribution in [0.4, 0.5) is 5.69 Å². The van der Waals surface area contributed by atoms with Gasteiger partial charge in [0, 0.05) is 12.8 Å². The zero-order valence-electron chi connectivity index (χ0n) is 10.00. The first-order valence-corrected chi connectivity index (χ1v) is 6.99. The molecule has 0 aliphatic rings. The van der Waals surface area contributed by atoms with Crippen LogP contribution in [0.5, 0.6) is 0 Å². The van der Waals surface area contributed by atoms with Gasteiger partial charge in [0.05, 0.1) is 5.69 Å². The topological polar surface area (TPSA) is 127 Å². The van der Waals surface area contributed by atoms with E-state index in [-0.39, 0.29) is 29.8 Å². The lowest BCUT2D eigenvalue weighted by Crippen LogP contribution is -2.18. The molecule has 0 heterocycles. The van der Waals surface area contributed by atoms with Gasteiger partial charge in [0.15, 0.2) is 0 Å². The first-order chi connectivity index (χ1) is 8.80. The molecule has 0 saturated carbocycles. The molecule has 0 aliphatic heterocycles. The van der Waals surface area contributed by atoms with Crippen LogP contribution in [0.25, 0.3) is 0 Å². The van der Waals surface area contributed by atoms with Gasteiger partial charge < -0.3 is 10.4 Å². The van der Waals surface area contributed by atoms with E-state index in [2.05, 4.69) is 5.32 Å². The summed E-state index contributed by atoms with van der Waals surface area (Å²) in [6.45, 7) is 0. The van der Waals surface area contributed by atoms with Crippen LogP contribution in [0.3, 0.4) is 0 Å². The number of carbonyl (C=O) groups excluding carboxylic acids is 1. The van der Waals surface area contributed by atoms with E-state index in [9.17, 15) is 18.0 Å². The molecule has 1 amide bonds. The van der Waals surface area contributed by atoms with E-state index < -0.39 is 21.9 Å². The second-order valence-electron chi connectivity index (χ2n) is 3.84. The van der Waals surface area contributed by atoms with Crippen molar-refractivity contribution in [2.75, 3.05) is 5.32 Å². The van der Waals surface area contributed by atoms with Gasteiger partial charge in [-0.3, -0.25) is 9.59 Å². The van der Waals surface area contributed by atoms with Gasteiger partial charge in [-0.25, -0.2) is 13.6 Å². The van der Waals surface area contributed by atoms with E-state index in [1.807, 2.05) is 0 Å². The summed E-state index contributed by atoms with van der Waals surface area (Å²) in [6, 6.07) is 5.73. The average Bonchev–Trinajstić information content (AvgIpc) is 2.27. The number of hydrogen-bond donors (Lipinski definition) is 3. The summed E-state index contributed by atoms with van der Waals surface area (Å²) in [7, 11) is -3.92. The monoisotopic (exact) mass is 286 g/mol. The maximum Gasteiger partial charge on any atom is 0.303 e. The maximum absolute atomic E-state index is 11.5. The smallest absolute Gasteiger partial charge is 0.303 e. The number of rotatable bonds is 6. The molecule has 0 bridgehead atoms. The molecule has 0 spiro atoms. The molecule has 0 saturated heterocycles. The summed E-state index contributed by atoms with van der Waals surface area (Å²) >= 11 is 0. The third-order valence-electron chi connectivity index (χ3n) is 2.26. The minimum atomic E-state index is -3.92. The van der Waals surface area contributed by atoms with E-state index in [0.29, 0.717) is 0 Å². The number of anilines is 1. The summed E-state index contributed by atoms with van der Waals surface area (Å²) in [5.74, 6) is -1.45. The summed E-state index contributed by atoms with van der Waals surface area (Å²) < 4.78 is 22.6. The summed E-state index contributed by atoms with van der Waals surface area (Å²) in [5.41, 5.74) is 0.0883. The van der Waals surface area contributed by atoms with Crippen molar-refractivity contribution in [2.45, 2.75) is 24.2 Å². The highest BCUT2D eigenvalue weighted by Gasteiger charge is 2.14. The molecule has 4 N–H and O–H groups in total. The number of para-hydroxylation sites is 1. The van der Waals surface area contributed by atoms with Gasteiger partial charge in [0.1, 0.15) is 4.90 Å². The van der Waals surface area contributed by atoms with Crippen molar-refractivity contribution in [3.05, 3.63) is 24.3 Å². The van der Waals surface area contributed by atoms with Crippen LogP contribution >= 0.6 is 0 Å². The number of aliphatic carboxylic acids is 1. The Labute approximate surface area is 110 Å². The van der Waals surface area contributed by atoms with Crippen molar-refractivity contribution in [3.63, 3.8) is 0 Å². The van der Waals surface area contributed by atoms with Crippen LogP contribution in [0.1, 0.15) is 19.3 Å². The number of sulfonamides is 1. The van der Waals surface area contributed by atoms with Crippen molar-refractivity contribution in [1.29, 1.82) is 0 Å². The fraction of sp³-hybridized carbons (Fsp3) is 0.273. The number of amides is 1. The molecule has 8 heteroatoms. The van der Waals surface area contributed by atoms with Gasteiger partial charge in [-0.2, -0.15) is 0 Å². The van der Waals surface area contributed by atoms with Gasteiger partial charge in [-0.15, -0.1) is 0 Å². The van der Waals surface area contributed by atoms with Crippen molar-refractivity contribution in [1.82, 2.24) is 0 Å². The highest BCUT2D eigenvalue weighted by Crippen LogP contribution is 2.19. The van der Waals surface area contributed by atoms with Crippen LogP contribution in [0.15, 0.2) is 29.2 Å². The number of carboxylic acid groups (broad SMARTS) is 1. The molecule has 104 valence electrons. The van der Waals surface area contributed by atoms with Gasteiger partial charge in [-0.05, 0) is 18.6 Å². The van der Waals surface area contributed by atoms with E-state index in [4.69, 9.17) is 10.2 Å². The number of benzene rings is 1. The highest BCUT2D eigenvalue weighted by atomic mass is 32.2. The number of nitrogens with two attached hydrogens (primary N) is 1. The fourth-order valence-electron chi connectivity index (χ4n) is 1.43. The van der Waals surface area contributed by atoms with Crippen LogP contribution in [-0.2, 0) is 19.6 Å². The normalized spacial score (nSPS) is 11.0. The Kier molecular flexibility index (Phi) is 5.02. The van der Waals surface area contributed by atoms with Crippen LogP contribution in [0, 0.1) is 0 Å². The Morgan fingerprint density at radius 1 is 1.21 bits per heavy atom. The molecule has 1 aromatic rings. The predicted octanol–water partition coefficient (Wildman–Crippen LogP) is 0.527. The standard InChI is InChI=1S/C11H14N2O5S/c12-19(17,18)9-5-2-1-4-8(9)13-10(14)6-3-7-11(15)16/h1-2,4-5H,3,6-7H2,(H,13,14)(H,15,16)(H2,12,17,18).